The van der Waals surface area contributed by atoms with Gasteiger partial charge in [0, 0.05) is 23.8 Å². The Bertz CT molecular complexity index is 417. The smallest absolute Gasteiger partial charge is 0.203 e. The Labute approximate surface area is 100 Å². The molecule has 2 heterocycles. The van der Waals surface area contributed by atoms with Gasteiger partial charge in [0.15, 0.2) is 0 Å². The van der Waals surface area contributed by atoms with Crippen molar-refractivity contribution in [3.05, 3.63) is 34.8 Å². The normalized spacial score (nSPS) is 10.9. The molecule has 0 amide bonds. The van der Waals surface area contributed by atoms with Gasteiger partial charge in [-0.2, -0.15) is 0 Å². The number of imidazole rings is 1. The molecule has 0 atom stereocenters. The molecule has 0 aromatic carbocycles. The van der Waals surface area contributed by atoms with Gasteiger partial charge in [0.2, 0.25) is 5.95 Å². The van der Waals surface area contributed by atoms with Crippen molar-refractivity contribution in [2.75, 3.05) is 5.32 Å². The number of nitrogens with zero attached hydrogens (tertiary/aromatic N) is 2. The van der Waals surface area contributed by atoms with Gasteiger partial charge in [-0.05, 0) is 17.4 Å². The average Bonchev–Trinajstić information content (AvgIpc) is 2.84. The summed E-state index contributed by atoms with van der Waals surface area (Å²) in [6.07, 6.45) is 3.87. The molecule has 2 aromatic rings. The van der Waals surface area contributed by atoms with E-state index in [0.717, 1.165) is 19.0 Å². The Morgan fingerprint density at radius 3 is 3.06 bits per heavy atom. The third-order valence-corrected chi connectivity index (χ3v) is 3.15. The van der Waals surface area contributed by atoms with Crippen LogP contribution in [0, 0.1) is 5.92 Å². The highest BCUT2D eigenvalue weighted by Gasteiger charge is 2.04. The first kappa shape index (κ1) is 11.2. The molecule has 16 heavy (non-hydrogen) atoms. The third kappa shape index (κ3) is 2.85. The van der Waals surface area contributed by atoms with Crippen molar-refractivity contribution in [3.63, 3.8) is 0 Å². The molecule has 0 unspecified atom stereocenters. The number of aromatic nitrogens is 2. The third-order valence-electron chi connectivity index (χ3n) is 2.28. The molecule has 0 radical (unpaired) electrons. The van der Waals surface area contributed by atoms with Gasteiger partial charge in [-0.1, -0.05) is 19.9 Å². The summed E-state index contributed by atoms with van der Waals surface area (Å²) in [5.41, 5.74) is 0. The van der Waals surface area contributed by atoms with E-state index in [9.17, 15) is 0 Å². The zero-order valence-electron chi connectivity index (χ0n) is 9.68. The van der Waals surface area contributed by atoms with Crippen molar-refractivity contribution in [2.24, 2.45) is 5.92 Å². The number of nitrogens with one attached hydrogen (secondary N) is 1. The summed E-state index contributed by atoms with van der Waals surface area (Å²) in [5, 5.41) is 5.46. The van der Waals surface area contributed by atoms with E-state index in [4.69, 9.17) is 0 Å². The lowest BCUT2D eigenvalue weighted by Crippen LogP contribution is -2.09. The maximum absolute atomic E-state index is 4.33. The zero-order valence-corrected chi connectivity index (χ0v) is 10.5. The van der Waals surface area contributed by atoms with Crippen molar-refractivity contribution in [1.82, 2.24) is 9.55 Å². The quantitative estimate of drug-likeness (QED) is 0.862. The van der Waals surface area contributed by atoms with Gasteiger partial charge in [-0.15, -0.1) is 11.3 Å². The second kappa shape index (κ2) is 5.16. The van der Waals surface area contributed by atoms with Crippen LogP contribution >= 0.6 is 11.3 Å². The maximum Gasteiger partial charge on any atom is 0.203 e. The predicted molar refractivity (Wildman–Crippen MR) is 68.7 cm³/mol. The van der Waals surface area contributed by atoms with Crippen molar-refractivity contribution >= 4 is 17.3 Å². The number of anilines is 1. The molecule has 0 bridgehead atoms. The Kier molecular flexibility index (Phi) is 3.62. The molecule has 0 saturated carbocycles. The molecular formula is C12H17N3S. The number of thiophene rings is 1. The minimum absolute atomic E-state index is 0.636. The zero-order chi connectivity index (χ0) is 11.4. The van der Waals surface area contributed by atoms with Crippen LogP contribution in [-0.4, -0.2) is 9.55 Å². The van der Waals surface area contributed by atoms with Gasteiger partial charge >= 0.3 is 0 Å². The first-order valence-electron chi connectivity index (χ1n) is 5.53. The van der Waals surface area contributed by atoms with Crippen molar-refractivity contribution < 1.29 is 0 Å². The highest BCUT2D eigenvalue weighted by Crippen LogP contribution is 2.13. The molecule has 0 fully saturated rings. The number of hydrogen-bond donors (Lipinski definition) is 1. The van der Waals surface area contributed by atoms with Crippen LogP contribution in [-0.2, 0) is 13.1 Å². The standard InChI is InChI=1S/C12H17N3S/c1-10(2)9-15-6-5-13-12(15)14-8-11-4-3-7-16-11/h3-7,10H,8-9H2,1-2H3,(H,13,14). The number of hydrogen-bond acceptors (Lipinski definition) is 3. The molecular weight excluding hydrogens is 218 g/mol. The Morgan fingerprint density at radius 2 is 2.38 bits per heavy atom. The fourth-order valence-corrected chi connectivity index (χ4v) is 2.24. The maximum atomic E-state index is 4.33. The summed E-state index contributed by atoms with van der Waals surface area (Å²) in [6, 6.07) is 4.20. The van der Waals surface area contributed by atoms with Crippen LogP contribution in [0.15, 0.2) is 29.9 Å². The minimum Gasteiger partial charge on any atom is -0.351 e. The van der Waals surface area contributed by atoms with Gasteiger partial charge in [-0.3, -0.25) is 0 Å². The Morgan fingerprint density at radius 1 is 1.50 bits per heavy atom. The van der Waals surface area contributed by atoms with E-state index in [-0.39, 0.29) is 0 Å². The highest BCUT2D eigenvalue weighted by atomic mass is 32.1. The summed E-state index contributed by atoms with van der Waals surface area (Å²) in [5.74, 6) is 1.60. The molecule has 0 spiro atoms. The van der Waals surface area contributed by atoms with Crippen molar-refractivity contribution in [2.45, 2.75) is 26.9 Å². The van der Waals surface area contributed by atoms with E-state index >= 15 is 0 Å². The van der Waals surface area contributed by atoms with E-state index in [1.807, 2.05) is 12.4 Å². The van der Waals surface area contributed by atoms with Crippen LogP contribution in [0.4, 0.5) is 5.95 Å². The van der Waals surface area contributed by atoms with E-state index in [1.54, 1.807) is 11.3 Å². The second-order valence-corrected chi connectivity index (χ2v) is 5.26. The largest absolute Gasteiger partial charge is 0.351 e. The molecule has 86 valence electrons. The van der Waals surface area contributed by atoms with Gasteiger partial charge in [0.1, 0.15) is 0 Å². The SMILES string of the molecule is CC(C)Cn1ccnc1NCc1cccs1. The van der Waals surface area contributed by atoms with Crippen LogP contribution in [0.25, 0.3) is 0 Å². The van der Waals surface area contributed by atoms with E-state index in [2.05, 4.69) is 46.2 Å². The fourth-order valence-electron chi connectivity index (χ4n) is 1.60. The monoisotopic (exact) mass is 235 g/mol. The summed E-state index contributed by atoms with van der Waals surface area (Å²) < 4.78 is 2.16. The second-order valence-electron chi connectivity index (χ2n) is 4.23. The van der Waals surface area contributed by atoms with Gasteiger partial charge < -0.3 is 9.88 Å². The van der Waals surface area contributed by atoms with Crippen LogP contribution in [0.2, 0.25) is 0 Å². The Hall–Kier alpha value is -1.29. The number of rotatable bonds is 5. The molecule has 4 heteroatoms. The molecule has 0 aliphatic rings. The van der Waals surface area contributed by atoms with Crippen LogP contribution in [0.3, 0.4) is 0 Å². The van der Waals surface area contributed by atoms with Crippen LogP contribution in [0.1, 0.15) is 18.7 Å². The molecule has 0 aliphatic carbocycles. The lowest BCUT2D eigenvalue weighted by Gasteiger charge is -2.11. The first-order chi connectivity index (χ1) is 7.75. The lowest BCUT2D eigenvalue weighted by atomic mass is 10.2. The molecule has 3 nitrogen and oxygen atoms in total. The fraction of sp³-hybridized carbons (Fsp3) is 0.417. The molecule has 2 rings (SSSR count). The van der Waals surface area contributed by atoms with E-state index < -0.39 is 0 Å². The predicted octanol–water partition coefficient (Wildman–Crippen LogP) is 3.21. The highest BCUT2D eigenvalue weighted by molar-refractivity contribution is 7.09. The summed E-state index contributed by atoms with van der Waals surface area (Å²) >= 11 is 1.76. The first-order valence-corrected chi connectivity index (χ1v) is 6.41. The van der Waals surface area contributed by atoms with E-state index in [1.165, 1.54) is 4.88 Å². The van der Waals surface area contributed by atoms with Crippen molar-refractivity contribution in [1.29, 1.82) is 0 Å². The van der Waals surface area contributed by atoms with Gasteiger partial charge in [0.05, 0.1) is 6.54 Å². The van der Waals surface area contributed by atoms with E-state index in [0.29, 0.717) is 5.92 Å². The Balaban J connectivity index is 1.96. The van der Waals surface area contributed by atoms with Crippen LogP contribution in [0.5, 0.6) is 0 Å². The minimum atomic E-state index is 0.636. The lowest BCUT2D eigenvalue weighted by molar-refractivity contribution is 0.526. The molecule has 2 aromatic heterocycles. The average molecular weight is 235 g/mol. The summed E-state index contributed by atoms with van der Waals surface area (Å²) in [7, 11) is 0. The topological polar surface area (TPSA) is 29.9 Å². The van der Waals surface area contributed by atoms with Gasteiger partial charge in [0.25, 0.3) is 0 Å². The molecule has 0 aliphatic heterocycles. The van der Waals surface area contributed by atoms with Crippen molar-refractivity contribution in [3.8, 4) is 0 Å². The molecule has 1 N–H and O–H groups in total. The van der Waals surface area contributed by atoms with Crippen LogP contribution < -0.4 is 5.32 Å². The van der Waals surface area contributed by atoms with Gasteiger partial charge in [-0.25, -0.2) is 4.98 Å². The summed E-state index contributed by atoms with van der Waals surface area (Å²) in [6.45, 7) is 6.28. The summed E-state index contributed by atoms with van der Waals surface area (Å²) in [4.78, 5) is 5.66. The molecule has 0 saturated heterocycles.